The largest absolute Gasteiger partial charge is 0.372 e. The molecule has 1 N–H and O–H groups in total. The Balaban J connectivity index is 1.45. The predicted octanol–water partition coefficient (Wildman–Crippen LogP) is 1.12. The van der Waals surface area contributed by atoms with Gasteiger partial charge in [-0.15, -0.1) is 0 Å². The van der Waals surface area contributed by atoms with E-state index >= 15 is 0 Å². The molecule has 5 nitrogen and oxygen atoms in total. The molecule has 2 saturated heterocycles. The van der Waals surface area contributed by atoms with Crippen LogP contribution in [0, 0.1) is 0 Å². The summed E-state index contributed by atoms with van der Waals surface area (Å²) in [6.07, 6.45) is 7.37. The Morgan fingerprint density at radius 2 is 2.25 bits per heavy atom. The van der Waals surface area contributed by atoms with Crippen molar-refractivity contribution in [3.63, 3.8) is 0 Å². The first-order valence-electron chi connectivity index (χ1n) is 7.84. The molecule has 0 amide bonds. The van der Waals surface area contributed by atoms with E-state index in [0.717, 1.165) is 58.6 Å². The molecule has 0 aromatic carbocycles. The Kier molecular flexibility index (Phi) is 4.38. The number of likely N-dealkylation sites (tertiary alicyclic amines) is 1. The van der Waals surface area contributed by atoms with Gasteiger partial charge in [0.1, 0.15) is 0 Å². The van der Waals surface area contributed by atoms with Crippen molar-refractivity contribution in [2.75, 3.05) is 32.8 Å². The minimum atomic E-state index is 0.121. The third-order valence-electron chi connectivity index (χ3n) is 4.80. The van der Waals surface area contributed by atoms with E-state index < -0.39 is 0 Å². The maximum Gasteiger partial charge on any atom is 0.0831 e. The average molecular weight is 278 g/mol. The van der Waals surface area contributed by atoms with Crippen LogP contribution in [0.1, 0.15) is 26.2 Å². The van der Waals surface area contributed by atoms with Gasteiger partial charge in [-0.2, -0.15) is 5.10 Å². The Bertz CT molecular complexity index is 390. The average Bonchev–Trinajstić information content (AvgIpc) is 3.00. The van der Waals surface area contributed by atoms with Crippen LogP contribution < -0.4 is 5.32 Å². The molecule has 0 unspecified atom stereocenters. The van der Waals surface area contributed by atoms with Gasteiger partial charge in [-0.3, -0.25) is 4.68 Å². The normalized spacial score (nSPS) is 24.9. The molecule has 2 fully saturated rings. The van der Waals surface area contributed by atoms with E-state index in [0.29, 0.717) is 6.04 Å². The van der Waals surface area contributed by atoms with Crippen molar-refractivity contribution in [3.05, 3.63) is 18.5 Å². The second kappa shape index (κ2) is 6.24. The summed E-state index contributed by atoms with van der Waals surface area (Å²) in [5.74, 6) is 0. The van der Waals surface area contributed by atoms with E-state index in [1.807, 2.05) is 23.1 Å². The standard InChI is InChI=1S/C15H26N4O/c1-14(3-9-19-8-2-6-17-19)18-10-4-15(5-11-18)13-16-7-12-20-15/h2,6,8,14,16H,3-5,7,9-13H2,1H3/t14-/m0/s1. The number of nitrogens with zero attached hydrogens (tertiary/aromatic N) is 3. The monoisotopic (exact) mass is 278 g/mol. The van der Waals surface area contributed by atoms with Crippen LogP contribution in [0.25, 0.3) is 0 Å². The number of hydrogen-bond donors (Lipinski definition) is 1. The molecule has 0 bridgehead atoms. The van der Waals surface area contributed by atoms with E-state index in [2.05, 4.69) is 22.2 Å². The summed E-state index contributed by atoms with van der Waals surface area (Å²) in [6.45, 7) is 8.56. The summed E-state index contributed by atoms with van der Waals surface area (Å²) in [5, 5.41) is 7.75. The number of nitrogens with one attached hydrogen (secondary N) is 1. The highest BCUT2D eigenvalue weighted by Crippen LogP contribution is 2.28. The van der Waals surface area contributed by atoms with Gasteiger partial charge in [0.05, 0.1) is 12.2 Å². The first kappa shape index (κ1) is 14.0. The van der Waals surface area contributed by atoms with Crippen LogP contribution in [-0.2, 0) is 11.3 Å². The van der Waals surface area contributed by atoms with E-state index in [4.69, 9.17) is 4.74 Å². The molecule has 2 aliphatic rings. The van der Waals surface area contributed by atoms with Gasteiger partial charge in [-0.1, -0.05) is 0 Å². The molecule has 3 rings (SSSR count). The fourth-order valence-corrected chi connectivity index (χ4v) is 3.33. The minimum Gasteiger partial charge on any atom is -0.372 e. The quantitative estimate of drug-likeness (QED) is 0.896. The van der Waals surface area contributed by atoms with Gasteiger partial charge in [0.2, 0.25) is 0 Å². The number of hydrogen-bond acceptors (Lipinski definition) is 4. The van der Waals surface area contributed by atoms with Crippen LogP contribution in [0.15, 0.2) is 18.5 Å². The van der Waals surface area contributed by atoms with E-state index in [1.165, 1.54) is 0 Å². The summed E-state index contributed by atoms with van der Waals surface area (Å²) in [6, 6.07) is 2.61. The molecule has 112 valence electrons. The molecule has 1 aromatic heterocycles. The fraction of sp³-hybridized carbons (Fsp3) is 0.800. The molecular formula is C15H26N4O. The summed E-state index contributed by atoms with van der Waals surface area (Å²) >= 11 is 0. The van der Waals surface area contributed by atoms with Crippen LogP contribution in [0.3, 0.4) is 0 Å². The smallest absolute Gasteiger partial charge is 0.0831 e. The second-order valence-corrected chi connectivity index (χ2v) is 6.15. The molecular weight excluding hydrogens is 252 g/mol. The van der Waals surface area contributed by atoms with Gasteiger partial charge in [0.15, 0.2) is 0 Å². The zero-order valence-corrected chi connectivity index (χ0v) is 12.4. The number of aryl methyl sites for hydroxylation is 1. The molecule has 1 atom stereocenters. The lowest BCUT2D eigenvalue weighted by Gasteiger charge is -2.45. The highest BCUT2D eigenvalue weighted by atomic mass is 16.5. The molecule has 0 radical (unpaired) electrons. The lowest BCUT2D eigenvalue weighted by atomic mass is 9.89. The van der Waals surface area contributed by atoms with Gasteiger partial charge < -0.3 is 15.0 Å². The first-order chi connectivity index (χ1) is 9.77. The van der Waals surface area contributed by atoms with Crippen molar-refractivity contribution in [2.24, 2.45) is 0 Å². The van der Waals surface area contributed by atoms with E-state index in [-0.39, 0.29) is 5.60 Å². The molecule has 3 heterocycles. The van der Waals surface area contributed by atoms with Crippen LogP contribution in [0.2, 0.25) is 0 Å². The highest BCUT2D eigenvalue weighted by molar-refractivity contribution is 4.92. The zero-order valence-electron chi connectivity index (χ0n) is 12.4. The third-order valence-corrected chi connectivity index (χ3v) is 4.80. The molecule has 20 heavy (non-hydrogen) atoms. The Labute approximate surface area is 121 Å². The van der Waals surface area contributed by atoms with Gasteiger partial charge in [0, 0.05) is 51.2 Å². The van der Waals surface area contributed by atoms with Gasteiger partial charge >= 0.3 is 0 Å². The molecule has 2 aliphatic heterocycles. The Morgan fingerprint density at radius 3 is 2.90 bits per heavy atom. The number of aromatic nitrogens is 2. The van der Waals surface area contributed by atoms with Crippen LogP contribution in [0.4, 0.5) is 0 Å². The van der Waals surface area contributed by atoms with Crippen LogP contribution in [0.5, 0.6) is 0 Å². The summed E-state index contributed by atoms with van der Waals surface area (Å²) < 4.78 is 8.07. The van der Waals surface area contributed by atoms with Gasteiger partial charge in [-0.25, -0.2) is 0 Å². The second-order valence-electron chi connectivity index (χ2n) is 6.15. The first-order valence-corrected chi connectivity index (χ1v) is 7.84. The van der Waals surface area contributed by atoms with Gasteiger partial charge in [0.25, 0.3) is 0 Å². The Hall–Kier alpha value is -0.910. The van der Waals surface area contributed by atoms with Crippen LogP contribution in [-0.4, -0.2) is 59.1 Å². The maximum atomic E-state index is 6.05. The molecule has 1 spiro atoms. The maximum absolute atomic E-state index is 6.05. The van der Waals surface area contributed by atoms with Crippen LogP contribution >= 0.6 is 0 Å². The van der Waals surface area contributed by atoms with E-state index in [1.54, 1.807) is 0 Å². The van der Waals surface area contributed by atoms with Crippen molar-refractivity contribution in [1.82, 2.24) is 20.0 Å². The molecule has 5 heteroatoms. The lowest BCUT2D eigenvalue weighted by molar-refractivity contribution is -0.104. The molecule has 0 saturated carbocycles. The van der Waals surface area contributed by atoms with Crippen molar-refractivity contribution in [2.45, 2.75) is 44.4 Å². The predicted molar refractivity (Wildman–Crippen MR) is 78.7 cm³/mol. The third kappa shape index (κ3) is 3.22. The SMILES string of the molecule is C[C@@H](CCn1cccn1)N1CCC2(CC1)CNCCO2. The van der Waals surface area contributed by atoms with Crippen molar-refractivity contribution in [3.8, 4) is 0 Å². The topological polar surface area (TPSA) is 42.3 Å². The molecule has 0 aliphatic carbocycles. The summed E-state index contributed by atoms with van der Waals surface area (Å²) in [4.78, 5) is 2.60. The summed E-state index contributed by atoms with van der Waals surface area (Å²) in [7, 11) is 0. The van der Waals surface area contributed by atoms with E-state index in [9.17, 15) is 0 Å². The van der Waals surface area contributed by atoms with Crippen molar-refractivity contribution in [1.29, 1.82) is 0 Å². The Morgan fingerprint density at radius 1 is 1.40 bits per heavy atom. The minimum absolute atomic E-state index is 0.121. The summed E-state index contributed by atoms with van der Waals surface area (Å²) in [5.41, 5.74) is 0.121. The zero-order chi connectivity index (χ0) is 13.8. The number of ether oxygens (including phenoxy) is 1. The van der Waals surface area contributed by atoms with Gasteiger partial charge in [-0.05, 0) is 32.3 Å². The number of piperidine rings is 1. The lowest BCUT2D eigenvalue weighted by Crippen LogP contribution is -2.56. The number of morpholine rings is 1. The van der Waals surface area contributed by atoms with Crippen molar-refractivity contribution >= 4 is 0 Å². The van der Waals surface area contributed by atoms with Crippen molar-refractivity contribution < 1.29 is 4.74 Å². The molecule has 1 aromatic rings. The highest BCUT2D eigenvalue weighted by Gasteiger charge is 2.37. The fourth-order valence-electron chi connectivity index (χ4n) is 3.33. The number of rotatable bonds is 4.